The lowest BCUT2D eigenvalue weighted by Gasteiger charge is -2.31. The van der Waals surface area contributed by atoms with E-state index in [0.717, 1.165) is 59.9 Å². The van der Waals surface area contributed by atoms with Crippen LogP contribution in [0.15, 0.2) is 59.8 Å². The first-order valence-electron chi connectivity index (χ1n) is 9.94. The fourth-order valence-electron chi connectivity index (χ4n) is 3.38. The zero-order valence-corrected chi connectivity index (χ0v) is 18.0. The molecule has 1 aliphatic heterocycles. The lowest BCUT2D eigenvalue weighted by Crippen LogP contribution is -2.36. The van der Waals surface area contributed by atoms with Crippen LogP contribution < -0.4 is 20.3 Å². The number of hydrogen-bond donors (Lipinski definition) is 3. The van der Waals surface area contributed by atoms with E-state index in [4.69, 9.17) is 4.74 Å². The smallest absolute Gasteiger partial charge is 0.135 e. The third-order valence-electron chi connectivity index (χ3n) is 4.76. The second kappa shape index (κ2) is 9.80. The van der Waals surface area contributed by atoms with Gasteiger partial charge in [0.1, 0.15) is 18.0 Å². The average molecular weight is 423 g/mol. The largest absolute Gasteiger partial charge is 0.378 e. The summed E-state index contributed by atoms with van der Waals surface area (Å²) in [4.78, 5) is 12.3. The van der Waals surface area contributed by atoms with Gasteiger partial charge in [-0.05, 0) is 61.8 Å². The maximum Gasteiger partial charge on any atom is 0.135 e. The molecule has 1 fully saturated rings. The Kier molecular flexibility index (Phi) is 6.68. The number of ether oxygens (including phenoxy) is 1. The Morgan fingerprint density at radius 1 is 0.967 bits per heavy atom. The van der Waals surface area contributed by atoms with Crippen LogP contribution in [-0.2, 0) is 4.74 Å². The molecule has 1 aliphatic rings. The molecule has 156 valence electrons. The summed E-state index contributed by atoms with van der Waals surface area (Å²) in [6, 6.07) is 16.5. The third-order valence-corrected chi connectivity index (χ3v) is 5.45. The second-order valence-electron chi connectivity index (χ2n) is 6.99. The topological polar surface area (TPSA) is 74.3 Å². The third kappa shape index (κ3) is 5.21. The van der Waals surface area contributed by atoms with Crippen molar-refractivity contribution in [1.82, 2.24) is 14.7 Å². The van der Waals surface area contributed by atoms with Crippen LogP contribution in [0, 0.1) is 6.92 Å². The van der Waals surface area contributed by atoms with E-state index in [1.807, 2.05) is 25.2 Å². The van der Waals surface area contributed by atoms with Gasteiger partial charge in [0.05, 0.1) is 24.6 Å². The minimum absolute atomic E-state index is 0.737. The van der Waals surface area contributed by atoms with Crippen LogP contribution in [-0.4, -0.2) is 43.3 Å². The van der Waals surface area contributed by atoms with Crippen LogP contribution in [0.3, 0.4) is 0 Å². The molecular weight excluding hydrogens is 396 g/mol. The highest BCUT2D eigenvalue weighted by molar-refractivity contribution is 7.97. The van der Waals surface area contributed by atoms with Gasteiger partial charge in [-0.1, -0.05) is 12.1 Å². The van der Waals surface area contributed by atoms with Crippen molar-refractivity contribution in [3.8, 4) is 0 Å². The van der Waals surface area contributed by atoms with Crippen LogP contribution in [0.2, 0.25) is 0 Å². The Balaban J connectivity index is 1.58. The number of morpholine rings is 1. The summed E-state index contributed by atoms with van der Waals surface area (Å²) in [7, 11) is 1.92. The van der Waals surface area contributed by atoms with Crippen molar-refractivity contribution < 1.29 is 4.74 Å². The van der Waals surface area contributed by atoms with E-state index in [1.165, 1.54) is 5.56 Å². The number of aryl methyl sites for hydroxylation is 1. The van der Waals surface area contributed by atoms with Gasteiger partial charge in [0.15, 0.2) is 0 Å². The second-order valence-corrected chi connectivity index (χ2v) is 8.08. The molecule has 0 spiro atoms. The first-order chi connectivity index (χ1) is 14.7. The number of hydrogen-bond acceptors (Lipinski definition) is 8. The molecule has 4 rings (SSSR count). The molecule has 8 heteroatoms. The molecule has 1 aromatic heterocycles. The zero-order chi connectivity index (χ0) is 20.8. The number of nitrogens with zero attached hydrogens (tertiary/aromatic N) is 3. The van der Waals surface area contributed by atoms with Crippen LogP contribution in [0.25, 0.3) is 0 Å². The number of nitrogens with one attached hydrogen (secondary N) is 3. The zero-order valence-electron chi connectivity index (χ0n) is 17.2. The van der Waals surface area contributed by atoms with E-state index in [9.17, 15) is 0 Å². The molecule has 0 bridgehead atoms. The molecule has 0 atom stereocenters. The molecule has 7 nitrogen and oxygen atoms in total. The van der Waals surface area contributed by atoms with E-state index in [0.29, 0.717) is 0 Å². The van der Waals surface area contributed by atoms with Crippen molar-refractivity contribution in [1.29, 1.82) is 0 Å². The Bertz CT molecular complexity index is 993. The summed E-state index contributed by atoms with van der Waals surface area (Å²) in [6.07, 6.45) is 1.57. The van der Waals surface area contributed by atoms with Crippen molar-refractivity contribution >= 4 is 40.6 Å². The van der Waals surface area contributed by atoms with E-state index in [1.54, 1.807) is 18.3 Å². The molecule has 3 N–H and O–H groups in total. The lowest BCUT2D eigenvalue weighted by atomic mass is 10.2. The summed E-state index contributed by atoms with van der Waals surface area (Å²) in [5.74, 6) is 1.48. The molecule has 2 heterocycles. The van der Waals surface area contributed by atoms with Gasteiger partial charge in [-0.25, -0.2) is 9.97 Å². The molecule has 0 radical (unpaired) electrons. The number of rotatable bonds is 7. The average Bonchev–Trinajstić information content (AvgIpc) is 2.75. The first-order valence-corrected chi connectivity index (χ1v) is 10.8. The normalized spacial score (nSPS) is 13.9. The van der Waals surface area contributed by atoms with Crippen LogP contribution in [0.4, 0.5) is 28.7 Å². The fourth-order valence-corrected chi connectivity index (χ4v) is 3.93. The van der Waals surface area contributed by atoms with Crippen molar-refractivity contribution in [3.63, 3.8) is 0 Å². The van der Waals surface area contributed by atoms with Gasteiger partial charge in [-0.15, -0.1) is 0 Å². The van der Waals surface area contributed by atoms with Crippen molar-refractivity contribution in [2.45, 2.75) is 11.8 Å². The van der Waals surface area contributed by atoms with Crippen LogP contribution in [0.5, 0.6) is 0 Å². The monoisotopic (exact) mass is 422 g/mol. The van der Waals surface area contributed by atoms with Gasteiger partial charge >= 0.3 is 0 Å². The molecule has 0 amide bonds. The summed E-state index contributed by atoms with van der Waals surface area (Å²) in [5, 5.41) is 6.84. The summed E-state index contributed by atoms with van der Waals surface area (Å²) in [5.41, 5.74) is 4.35. The maximum absolute atomic E-state index is 5.52. The predicted octanol–water partition coefficient (Wildman–Crippen LogP) is 4.34. The SMILES string of the molecule is CNSc1ccc(N2CCOCC2)c(Nc2cc(Nc3cccc(C)c3)ncn2)c1. The van der Waals surface area contributed by atoms with E-state index >= 15 is 0 Å². The highest BCUT2D eigenvalue weighted by Gasteiger charge is 2.16. The fraction of sp³-hybridized carbons (Fsp3) is 0.273. The minimum atomic E-state index is 0.737. The summed E-state index contributed by atoms with van der Waals surface area (Å²) in [6.45, 7) is 5.30. The van der Waals surface area contributed by atoms with Crippen LogP contribution in [0.1, 0.15) is 5.56 Å². The van der Waals surface area contributed by atoms with Gasteiger partial charge in [-0.3, -0.25) is 4.72 Å². The van der Waals surface area contributed by atoms with Crippen molar-refractivity contribution in [2.24, 2.45) is 0 Å². The Labute approximate surface area is 181 Å². The lowest BCUT2D eigenvalue weighted by molar-refractivity contribution is 0.123. The molecule has 0 unspecified atom stereocenters. The number of anilines is 5. The van der Waals surface area contributed by atoms with Gasteiger partial charge < -0.3 is 20.3 Å². The molecule has 30 heavy (non-hydrogen) atoms. The molecule has 2 aromatic carbocycles. The number of benzene rings is 2. The van der Waals surface area contributed by atoms with E-state index < -0.39 is 0 Å². The minimum Gasteiger partial charge on any atom is -0.378 e. The quantitative estimate of drug-likeness (QED) is 0.486. The van der Waals surface area contributed by atoms with E-state index in [2.05, 4.69) is 67.5 Å². The van der Waals surface area contributed by atoms with Gasteiger partial charge in [0.2, 0.25) is 0 Å². The standard InChI is InChI=1S/C22H26N6OS/c1-16-4-3-5-17(12-16)26-21-14-22(25-15-24-21)27-19-13-18(30-23-2)6-7-20(19)28-8-10-29-11-9-28/h3-7,12-15,23H,8-11H2,1-2H3,(H2,24,25,26,27). The first kappa shape index (κ1) is 20.5. The van der Waals surface area contributed by atoms with Gasteiger partial charge in [0, 0.05) is 29.7 Å². The van der Waals surface area contributed by atoms with Crippen molar-refractivity contribution in [3.05, 3.63) is 60.4 Å². The Morgan fingerprint density at radius 3 is 2.53 bits per heavy atom. The van der Waals surface area contributed by atoms with Gasteiger partial charge in [-0.2, -0.15) is 0 Å². The molecule has 0 aliphatic carbocycles. The highest BCUT2D eigenvalue weighted by atomic mass is 32.2. The number of aromatic nitrogens is 2. The Morgan fingerprint density at radius 2 is 1.77 bits per heavy atom. The maximum atomic E-state index is 5.52. The molecule has 1 saturated heterocycles. The summed E-state index contributed by atoms with van der Waals surface area (Å²) >= 11 is 1.58. The summed E-state index contributed by atoms with van der Waals surface area (Å²) < 4.78 is 8.65. The predicted molar refractivity (Wildman–Crippen MR) is 124 cm³/mol. The molecule has 3 aromatic rings. The highest BCUT2D eigenvalue weighted by Crippen LogP contribution is 2.33. The Hall–Kier alpha value is -2.81. The van der Waals surface area contributed by atoms with Crippen LogP contribution >= 0.6 is 11.9 Å². The van der Waals surface area contributed by atoms with Gasteiger partial charge in [0.25, 0.3) is 0 Å². The molecule has 0 saturated carbocycles. The van der Waals surface area contributed by atoms with Crippen molar-refractivity contribution in [2.75, 3.05) is 48.9 Å². The molecular formula is C22H26N6OS. The van der Waals surface area contributed by atoms with E-state index in [-0.39, 0.29) is 0 Å².